The number of hydrogen-bond acceptors (Lipinski definition) is 5. The van der Waals surface area contributed by atoms with E-state index >= 15 is 0 Å². The van der Waals surface area contributed by atoms with Crippen molar-refractivity contribution in [3.8, 4) is 0 Å². The van der Waals surface area contributed by atoms with Crippen molar-refractivity contribution < 1.29 is 18.4 Å². The normalized spacial score (nSPS) is 38.2. The molecule has 0 radical (unpaired) electrons. The number of amidine groups is 1. The van der Waals surface area contributed by atoms with Gasteiger partial charge in [-0.1, -0.05) is 25.0 Å². The van der Waals surface area contributed by atoms with Gasteiger partial charge in [0.2, 0.25) is 11.8 Å². The fraction of sp³-hybridized carbons (Fsp3) is 0.679. The van der Waals surface area contributed by atoms with E-state index in [1.165, 1.54) is 0 Å². The van der Waals surface area contributed by atoms with Crippen LogP contribution in [0, 0.1) is 40.7 Å². The quantitative estimate of drug-likeness (QED) is 0.343. The highest BCUT2D eigenvalue weighted by Crippen LogP contribution is 2.56. The number of benzene rings is 1. The number of imide groups is 1. The van der Waals surface area contributed by atoms with E-state index in [4.69, 9.17) is 0 Å². The van der Waals surface area contributed by atoms with E-state index in [1.807, 2.05) is 24.3 Å². The van der Waals surface area contributed by atoms with Gasteiger partial charge >= 0.3 is 0 Å². The van der Waals surface area contributed by atoms with Gasteiger partial charge in [-0.25, -0.2) is 4.21 Å². The number of fused-ring (bicyclic) bond motifs is 6. The number of carbonyl (C=O) groups is 2. The molecule has 0 N–H and O–H groups in total. The summed E-state index contributed by atoms with van der Waals surface area (Å²) in [7, 11) is -1.37. The van der Waals surface area contributed by atoms with Crippen molar-refractivity contribution >= 4 is 28.6 Å². The molecule has 0 aromatic heterocycles. The summed E-state index contributed by atoms with van der Waals surface area (Å²) in [5.74, 6) is 2.11. The average Bonchev–Trinajstić information content (AvgIpc) is 3.66. The minimum atomic E-state index is -1.37. The van der Waals surface area contributed by atoms with Gasteiger partial charge in [0.05, 0.1) is 49.5 Å². The van der Waals surface area contributed by atoms with Crippen LogP contribution in [0.5, 0.6) is 0 Å². The molecule has 2 bridgehead atoms. The first-order valence-corrected chi connectivity index (χ1v) is 15.3. The lowest BCUT2D eigenvalue weighted by atomic mass is 9.78. The number of hydrogen-bond donors (Lipinski definition) is 0. The second kappa shape index (κ2) is 8.99. The Labute approximate surface area is 220 Å². The molecule has 198 valence electrons. The van der Waals surface area contributed by atoms with Crippen LogP contribution in [0.3, 0.4) is 0 Å². The molecule has 1 aromatic rings. The topological polar surface area (TPSA) is 93.1 Å². The summed E-state index contributed by atoms with van der Waals surface area (Å²) >= 11 is 0. The Morgan fingerprint density at radius 3 is 2.30 bits per heavy atom. The first kappa shape index (κ1) is 24.0. The van der Waals surface area contributed by atoms with Crippen LogP contribution in [0.25, 0.3) is 0 Å². The zero-order chi connectivity index (χ0) is 25.3. The van der Waals surface area contributed by atoms with Crippen LogP contribution in [0.4, 0.5) is 0 Å². The lowest BCUT2D eigenvalue weighted by molar-refractivity contribution is -0.888. The standard InChI is InChI=1S/C28H36N4O4S/c33-27-24-18-9-10-19(15-18)25(24)28(34)31(27)16-20-5-1-2-6-21(20)17-32(35)13-11-30(12-14-32)26-22-7-3-4-8-23(22)37(36)29-26/h3-4,7-8,18-21,24-25H,1-2,5-6,9-17H2/t18-,19+,20-,21-,24+,25-,37?/m0/s1. The highest BCUT2D eigenvalue weighted by Gasteiger charge is 2.61. The van der Waals surface area contributed by atoms with E-state index in [2.05, 4.69) is 9.30 Å². The van der Waals surface area contributed by atoms with Gasteiger partial charge < -0.3 is 14.8 Å². The van der Waals surface area contributed by atoms with E-state index < -0.39 is 11.0 Å². The fourth-order valence-corrected chi connectivity index (χ4v) is 9.52. The van der Waals surface area contributed by atoms with Gasteiger partial charge in [0.1, 0.15) is 5.84 Å². The maximum atomic E-state index is 13.9. The predicted octanol–water partition coefficient (Wildman–Crippen LogP) is 2.94. The molecule has 2 amide bonds. The third-order valence-corrected chi connectivity index (χ3v) is 11.5. The third-order valence-electron chi connectivity index (χ3n) is 10.4. The van der Waals surface area contributed by atoms with Gasteiger partial charge in [0.25, 0.3) is 0 Å². The number of rotatable bonds is 4. The highest BCUT2D eigenvalue weighted by molar-refractivity contribution is 7.84. The molecule has 1 aromatic carbocycles. The molecule has 3 heterocycles. The molecule has 6 aliphatic rings. The molecule has 3 saturated carbocycles. The SMILES string of the molecule is O=C1[C@@H]2[C@H]3CC[C@H](C3)[C@@H]2C(=O)N1C[C@@H]1CCCC[C@H]1C[N+]1([O-])CCN(C2=NS(=O)c3ccccc32)CC1. The second-order valence-corrected chi connectivity index (χ2v) is 13.4. The van der Waals surface area contributed by atoms with Crippen LogP contribution < -0.4 is 0 Å². The van der Waals surface area contributed by atoms with Crippen molar-refractivity contribution in [1.82, 2.24) is 9.80 Å². The molecule has 3 aliphatic carbocycles. The van der Waals surface area contributed by atoms with Gasteiger partial charge in [-0.3, -0.25) is 14.5 Å². The Morgan fingerprint density at radius 1 is 0.946 bits per heavy atom. The Balaban J connectivity index is 1.01. The van der Waals surface area contributed by atoms with Gasteiger partial charge in [0, 0.05) is 18.0 Å². The van der Waals surface area contributed by atoms with Crippen molar-refractivity contribution in [2.24, 2.45) is 39.9 Å². The summed E-state index contributed by atoms with van der Waals surface area (Å²) in [4.78, 5) is 31.1. The van der Waals surface area contributed by atoms with Crippen molar-refractivity contribution in [2.45, 2.75) is 49.8 Å². The monoisotopic (exact) mass is 524 g/mol. The smallest absolute Gasteiger partial charge is 0.233 e. The lowest BCUT2D eigenvalue weighted by Crippen LogP contribution is -2.59. The fourth-order valence-electron chi connectivity index (χ4n) is 8.51. The lowest BCUT2D eigenvalue weighted by Gasteiger charge is -2.51. The first-order valence-electron chi connectivity index (χ1n) is 14.2. The predicted molar refractivity (Wildman–Crippen MR) is 139 cm³/mol. The minimum Gasteiger partial charge on any atom is -0.633 e. The second-order valence-electron chi connectivity index (χ2n) is 12.3. The van der Waals surface area contributed by atoms with E-state index in [9.17, 15) is 19.0 Å². The van der Waals surface area contributed by atoms with Crippen LogP contribution in [0.15, 0.2) is 33.6 Å². The summed E-state index contributed by atoms with van der Waals surface area (Å²) in [6, 6.07) is 7.63. The number of carbonyl (C=O) groups excluding carboxylic acids is 2. The molecule has 2 saturated heterocycles. The average molecular weight is 525 g/mol. The molecule has 3 aliphatic heterocycles. The van der Waals surface area contributed by atoms with E-state index in [0.29, 0.717) is 51.1 Å². The zero-order valence-corrected chi connectivity index (χ0v) is 22.1. The molecule has 7 rings (SSSR count). The van der Waals surface area contributed by atoms with Crippen molar-refractivity contribution in [3.05, 3.63) is 35.0 Å². The number of amides is 2. The summed E-state index contributed by atoms with van der Waals surface area (Å²) in [6.45, 7) is 3.22. The van der Waals surface area contributed by atoms with Crippen molar-refractivity contribution in [2.75, 3.05) is 39.3 Å². The number of piperazine rings is 1. The van der Waals surface area contributed by atoms with Crippen LogP contribution in [0.1, 0.15) is 50.5 Å². The molecule has 7 atom stereocenters. The molecular formula is C28H36N4O4S. The number of hydroxylamine groups is 3. The van der Waals surface area contributed by atoms with Gasteiger partial charge in [-0.2, -0.15) is 4.40 Å². The molecule has 5 fully saturated rings. The summed E-state index contributed by atoms with van der Waals surface area (Å²) in [5.41, 5.74) is 0.914. The summed E-state index contributed by atoms with van der Waals surface area (Å²) < 4.78 is 16.6. The van der Waals surface area contributed by atoms with Crippen LogP contribution in [0.2, 0.25) is 0 Å². The number of nitrogens with zero attached hydrogens (tertiary/aromatic N) is 4. The maximum absolute atomic E-state index is 13.9. The van der Waals surface area contributed by atoms with E-state index in [0.717, 1.165) is 61.2 Å². The molecule has 1 unspecified atom stereocenters. The molecule has 9 heteroatoms. The summed E-state index contributed by atoms with van der Waals surface area (Å²) in [6.07, 6.45) is 7.49. The van der Waals surface area contributed by atoms with Gasteiger partial charge in [-0.05, 0) is 62.0 Å². The van der Waals surface area contributed by atoms with Gasteiger partial charge in [-0.15, -0.1) is 0 Å². The molecule has 0 spiro atoms. The minimum absolute atomic E-state index is 0.0581. The molecule has 37 heavy (non-hydrogen) atoms. The van der Waals surface area contributed by atoms with E-state index in [1.54, 1.807) is 4.90 Å². The van der Waals surface area contributed by atoms with Crippen LogP contribution >= 0.6 is 0 Å². The first-order chi connectivity index (χ1) is 17.9. The third kappa shape index (κ3) is 3.91. The number of quaternary nitrogens is 1. The largest absolute Gasteiger partial charge is 0.633 e. The van der Waals surface area contributed by atoms with Crippen molar-refractivity contribution in [1.29, 1.82) is 0 Å². The number of likely N-dealkylation sites (tertiary alicyclic amines) is 1. The highest BCUT2D eigenvalue weighted by atomic mass is 32.2. The summed E-state index contributed by atoms with van der Waals surface area (Å²) in [5, 5.41) is 13.9. The van der Waals surface area contributed by atoms with E-state index in [-0.39, 0.29) is 40.1 Å². The van der Waals surface area contributed by atoms with Gasteiger partial charge in [0.15, 0.2) is 11.0 Å². The Kier molecular flexibility index (Phi) is 5.82. The molecular weight excluding hydrogens is 488 g/mol. The molecule has 8 nitrogen and oxygen atoms in total. The maximum Gasteiger partial charge on any atom is 0.233 e. The van der Waals surface area contributed by atoms with Crippen molar-refractivity contribution in [3.63, 3.8) is 0 Å². The Hall–Kier alpha value is -2.10. The Morgan fingerprint density at radius 2 is 1.59 bits per heavy atom. The van der Waals surface area contributed by atoms with Crippen LogP contribution in [-0.2, 0) is 20.6 Å². The zero-order valence-electron chi connectivity index (χ0n) is 21.3. The Bertz CT molecular complexity index is 1150. The van der Waals surface area contributed by atoms with Crippen LogP contribution in [-0.4, -0.2) is 75.6 Å².